The molecule has 2 amide bonds. The number of carbonyl (C=O) groups is 2. The quantitative estimate of drug-likeness (QED) is 0.726. The van der Waals surface area contributed by atoms with E-state index < -0.39 is 6.04 Å². The Labute approximate surface area is 143 Å². The first-order valence-corrected chi connectivity index (χ1v) is 8.15. The highest BCUT2D eigenvalue weighted by molar-refractivity contribution is 5.97. The minimum Gasteiger partial charge on any atom is -0.472 e. The fourth-order valence-electron chi connectivity index (χ4n) is 3.42. The number of tetrazole rings is 1. The number of fused-ring (bicyclic) bond motifs is 1. The van der Waals surface area contributed by atoms with Gasteiger partial charge in [-0.1, -0.05) is 5.10 Å². The van der Waals surface area contributed by atoms with E-state index in [1.807, 2.05) is 7.05 Å². The summed E-state index contributed by atoms with van der Waals surface area (Å²) in [5.41, 5.74) is 0.399. The zero-order chi connectivity index (χ0) is 17.6. The van der Waals surface area contributed by atoms with E-state index in [4.69, 9.17) is 4.42 Å². The second-order valence-corrected chi connectivity index (χ2v) is 6.58. The van der Waals surface area contributed by atoms with E-state index in [1.54, 1.807) is 17.7 Å². The number of furan rings is 1. The van der Waals surface area contributed by atoms with Crippen LogP contribution in [0, 0.1) is 11.8 Å². The van der Waals surface area contributed by atoms with Gasteiger partial charge in [-0.05, 0) is 23.4 Å². The Morgan fingerprint density at radius 3 is 2.72 bits per heavy atom. The molecule has 2 aliphatic rings. The third kappa shape index (κ3) is 2.83. The normalized spacial score (nSPS) is 25.4. The Bertz CT molecular complexity index is 775. The molecule has 1 saturated carbocycles. The van der Waals surface area contributed by atoms with Crippen LogP contribution >= 0.6 is 0 Å². The van der Waals surface area contributed by atoms with Crippen molar-refractivity contribution in [3.8, 4) is 0 Å². The van der Waals surface area contributed by atoms with Crippen LogP contribution in [0.5, 0.6) is 0 Å². The standard InChI is InChI=1S/C15H19N7O3/c1-8(16-14(24)9-3-4-25-7-9)13(23)17-12-10-5-22(6-11(10)12)15-18-19-20-21(15)2/h3-4,7-8,10-12H,5-6H2,1-2H3,(H,16,24)(H,17,23)/t8?,10-,11+,12?. The Morgan fingerprint density at radius 2 is 2.12 bits per heavy atom. The van der Waals surface area contributed by atoms with Crippen molar-refractivity contribution < 1.29 is 14.0 Å². The topological polar surface area (TPSA) is 118 Å². The van der Waals surface area contributed by atoms with Crippen LogP contribution in [0.25, 0.3) is 0 Å². The largest absolute Gasteiger partial charge is 0.472 e. The number of carbonyl (C=O) groups excluding carboxylic acids is 2. The van der Waals surface area contributed by atoms with Crippen molar-refractivity contribution in [3.05, 3.63) is 24.2 Å². The Morgan fingerprint density at radius 1 is 1.36 bits per heavy atom. The van der Waals surface area contributed by atoms with E-state index in [-0.39, 0.29) is 17.9 Å². The first kappa shape index (κ1) is 15.6. The van der Waals surface area contributed by atoms with Gasteiger partial charge in [0.2, 0.25) is 11.9 Å². The molecule has 132 valence electrons. The Kier molecular flexibility index (Phi) is 3.66. The van der Waals surface area contributed by atoms with Crippen molar-refractivity contribution in [1.82, 2.24) is 30.8 Å². The van der Waals surface area contributed by atoms with Gasteiger partial charge in [0.15, 0.2) is 0 Å². The number of nitrogens with zero attached hydrogens (tertiary/aromatic N) is 5. The molecule has 10 nitrogen and oxygen atoms in total. The number of hydrogen-bond donors (Lipinski definition) is 2. The number of hydrogen-bond acceptors (Lipinski definition) is 7. The highest BCUT2D eigenvalue weighted by Crippen LogP contribution is 2.46. The number of amides is 2. The summed E-state index contributed by atoms with van der Waals surface area (Å²) < 4.78 is 6.51. The number of rotatable bonds is 5. The van der Waals surface area contributed by atoms with Crippen molar-refractivity contribution in [3.63, 3.8) is 0 Å². The van der Waals surface area contributed by atoms with Crippen LogP contribution in [0.2, 0.25) is 0 Å². The molecule has 0 aromatic carbocycles. The van der Waals surface area contributed by atoms with Crippen molar-refractivity contribution in [2.75, 3.05) is 18.0 Å². The molecule has 2 N–H and O–H groups in total. The SMILES string of the molecule is CC(NC(=O)c1ccoc1)C(=O)NC1[C@H]2CN(c3nnnn3C)C[C@@H]12. The van der Waals surface area contributed by atoms with Crippen LogP contribution < -0.4 is 15.5 Å². The van der Waals surface area contributed by atoms with Gasteiger partial charge >= 0.3 is 0 Å². The lowest BCUT2D eigenvalue weighted by Gasteiger charge is -2.20. The maximum Gasteiger partial charge on any atom is 0.255 e. The van der Waals surface area contributed by atoms with Gasteiger partial charge in [0.05, 0.1) is 11.8 Å². The molecule has 2 aromatic heterocycles. The molecule has 4 rings (SSSR count). The predicted molar refractivity (Wildman–Crippen MR) is 85.6 cm³/mol. The first-order chi connectivity index (χ1) is 12.0. The molecule has 0 bridgehead atoms. The summed E-state index contributed by atoms with van der Waals surface area (Å²) in [5, 5.41) is 17.2. The summed E-state index contributed by atoms with van der Waals surface area (Å²) in [6.45, 7) is 3.31. The Balaban J connectivity index is 1.26. The van der Waals surface area contributed by atoms with Gasteiger partial charge in [-0.15, -0.1) is 0 Å². The summed E-state index contributed by atoms with van der Waals surface area (Å²) >= 11 is 0. The summed E-state index contributed by atoms with van der Waals surface area (Å²) in [5.74, 6) is 1.05. The lowest BCUT2D eigenvalue weighted by Crippen LogP contribution is -2.47. The van der Waals surface area contributed by atoms with E-state index >= 15 is 0 Å². The minimum absolute atomic E-state index is 0.151. The smallest absolute Gasteiger partial charge is 0.255 e. The molecule has 0 radical (unpaired) electrons. The molecule has 25 heavy (non-hydrogen) atoms. The molecular weight excluding hydrogens is 326 g/mol. The lowest BCUT2D eigenvalue weighted by molar-refractivity contribution is -0.122. The summed E-state index contributed by atoms with van der Waals surface area (Å²) in [6.07, 6.45) is 2.77. The highest BCUT2D eigenvalue weighted by Gasteiger charge is 2.57. The van der Waals surface area contributed by atoms with Crippen LogP contribution in [0.1, 0.15) is 17.3 Å². The third-order valence-corrected chi connectivity index (χ3v) is 4.91. The highest BCUT2D eigenvalue weighted by atomic mass is 16.3. The van der Waals surface area contributed by atoms with Crippen molar-refractivity contribution in [2.24, 2.45) is 18.9 Å². The van der Waals surface area contributed by atoms with Crippen molar-refractivity contribution in [1.29, 1.82) is 0 Å². The molecule has 4 atom stereocenters. The second-order valence-electron chi connectivity index (χ2n) is 6.58. The van der Waals surface area contributed by atoms with Crippen molar-refractivity contribution >= 4 is 17.8 Å². The molecular formula is C15H19N7O3. The fourth-order valence-corrected chi connectivity index (χ4v) is 3.42. The third-order valence-electron chi connectivity index (χ3n) is 4.91. The van der Waals surface area contributed by atoms with Crippen molar-refractivity contribution in [2.45, 2.75) is 19.0 Å². The molecule has 1 saturated heterocycles. The molecule has 0 spiro atoms. The van der Waals surface area contributed by atoms with Crippen LogP contribution in [0.4, 0.5) is 5.95 Å². The monoisotopic (exact) mass is 345 g/mol. The second kappa shape index (κ2) is 5.87. The average Bonchev–Trinajstić information content (AvgIpc) is 3.13. The van der Waals surface area contributed by atoms with Gasteiger partial charge in [0.25, 0.3) is 5.91 Å². The summed E-state index contributed by atoms with van der Waals surface area (Å²) in [6, 6.07) is 1.10. The van der Waals surface area contributed by atoms with Gasteiger partial charge in [0, 0.05) is 38.0 Å². The average molecular weight is 345 g/mol. The molecule has 2 unspecified atom stereocenters. The van der Waals surface area contributed by atoms with Crippen LogP contribution in [-0.4, -0.2) is 57.2 Å². The van der Waals surface area contributed by atoms with Crippen LogP contribution in [0.3, 0.4) is 0 Å². The number of aromatic nitrogens is 4. The van der Waals surface area contributed by atoms with Gasteiger partial charge in [0.1, 0.15) is 12.3 Å². The molecule has 1 aliphatic carbocycles. The van der Waals surface area contributed by atoms with Gasteiger partial charge in [-0.25, -0.2) is 4.68 Å². The van der Waals surface area contributed by atoms with Gasteiger partial charge in [-0.3, -0.25) is 9.59 Å². The van der Waals surface area contributed by atoms with E-state index in [9.17, 15) is 9.59 Å². The lowest BCUT2D eigenvalue weighted by atomic mass is 10.2. The summed E-state index contributed by atoms with van der Waals surface area (Å²) in [4.78, 5) is 26.4. The molecule has 1 aliphatic heterocycles. The molecule has 3 heterocycles. The van der Waals surface area contributed by atoms with E-state index in [0.29, 0.717) is 17.4 Å². The van der Waals surface area contributed by atoms with E-state index in [2.05, 4.69) is 31.1 Å². The summed E-state index contributed by atoms with van der Waals surface area (Å²) in [7, 11) is 1.81. The van der Waals surface area contributed by atoms with E-state index in [0.717, 1.165) is 19.0 Å². The van der Waals surface area contributed by atoms with Gasteiger partial charge < -0.3 is 20.0 Å². The van der Waals surface area contributed by atoms with Crippen LogP contribution in [-0.2, 0) is 11.8 Å². The fraction of sp³-hybridized carbons (Fsp3) is 0.533. The maximum absolute atomic E-state index is 12.3. The number of piperidine rings is 1. The molecule has 2 aromatic rings. The zero-order valence-corrected chi connectivity index (χ0v) is 13.9. The van der Waals surface area contributed by atoms with Gasteiger partial charge in [-0.2, -0.15) is 0 Å². The zero-order valence-electron chi connectivity index (χ0n) is 13.9. The maximum atomic E-state index is 12.3. The number of anilines is 1. The first-order valence-electron chi connectivity index (χ1n) is 8.15. The van der Waals surface area contributed by atoms with Crippen LogP contribution in [0.15, 0.2) is 23.0 Å². The Hall–Kier alpha value is -2.91. The molecule has 10 heteroatoms. The minimum atomic E-state index is -0.609. The molecule has 2 fully saturated rings. The van der Waals surface area contributed by atoms with E-state index in [1.165, 1.54) is 12.5 Å². The number of nitrogens with one attached hydrogen (secondary N) is 2. The number of aryl methyl sites for hydroxylation is 1. The predicted octanol–water partition coefficient (Wildman–Crippen LogP) is -0.828.